The lowest BCUT2D eigenvalue weighted by Gasteiger charge is -2.40. The van der Waals surface area contributed by atoms with E-state index in [1.165, 1.54) is 6.33 Å². The number of carbonyl (C=O) groups excluding carboxylic acids is 1. The summed E-state index contributed by atoms with van der Waals surface area (Å²) in [6, 6.07) is 17.4. The predicted molar refractivity (Wildman–Crippen MR) is 111 cm³/mol. The lowest BCUT2D eigenvalue weighted by molar-refractivity contribution is -0.122. The van der Waals surface area contributed by atoms with Crippen LogP contribution in [0.2, 0.25) is 0 Å². The molecule has 2 aromatic carbocycles. The average Bonchev–Trinajstić information content (AvgIpc) is 3.22. The van der Waals surface area contributed by atoms with Crippen molar-refractivity contribution in [3.05, 3.63) is 72.1 Å². The van der Waals surface area contributed by atoms with Crippen molar-refractivity contribution < 1.29 is 9.53 Å². The van der Waals surface area contributed by atoms with Crippen LogP contribution in [0.5, 0.6) is 5.75 Å². The molecule has 1 aromatic heterocycles. The third-order valence-electron chi connectivity index (χ3n) is 5.24. The molecule has 2 N–H and O–H groups in total. The van der Waals surface area contributed by atoms with Crippen LogP contribution < -0.4 is 15.4 Å². The van der Waals surface area contributed by atoms with Gasteiger partial charge in [0.15, 0.2) is 0 Å². The summed E-state index contributed by atoms with van der Waals surface area (Å²) < 4.78 is 7.15. The first-order chi connectivity index (χ1) is 14.2. The molecule has 3 aromatic rings. The second-order valence-electron chi connectivity index (χ2n) is 7.12. The number of aromatic nitrogens is 3. The molecule has 0 fully saturated rings. The summed E-state index contributed by atoms with van der Waals surface area (Å²) in [5, 5.41) is 11.2. The Hall–Kier alpha value is -3.35. The Balaban J connectivity index is 1.80. The lowest BCUT2D eigenvalue weighted by Crippen LogP contribution is -2.51. The van der Waals surface area contributed by atoms with Gasteiger partial charge in [0.25, 0.3) is 0 Å². The zero-order valence-corrected chi connectivity index (χ0v) is 16.6. The van der Waals surface area contributed by atoms with Crippen molar-refractivity contribution in [2.24, 2.45) is 0 Å². The van der Waals surface area contributed by atoms with E-state index in [2.05, 4.69) is 32.8 Å². The smallest absolute Gasteiger partial charge is 0.222 e. The normalized spacial score (nSPS) is 20.4. The fraction of sp³-hybridized carbons (Fsp3) is 0.318. The second-order valence-corrected chi connectivity index (χ2v) is 7.12. The summed E-state index contributed by atoms with van der Waals surface area (Å²) in [6.07, 6.45) is 2.82. The van der Waals surface area contributed by atoms with Crippen molar-refractivity contribution >= 4 is 11.9 Å². The molecule has 0 saturated heterocycles. The Kier molecular flexibility index (Phi) is 5.46. The highest BCUT2D eigenvalue weighted by molar-refractivity contribution is 5.76. The van der Waals surface area contributed by atoms with Gasteiger partial charge in [0.1, 0.15) is 18.1 Å². The molecular formula is C22H25N5O2. The Morgan fingerprint density at radius 2 is 1.90 bits per heavy atom. The summed E-state index contributed by atoms with van der Waals surface area (Å²) in [7, 11) is 1.65. The first kappa shape index (κ1) is 19.0. The predicted octanol–water partition coefficient (Wildman–Crippen LogP) is 3.33. The molecule has 3 unspecified atom stereocenters. The summed E-state index contributed by atoms with van der Waals surface area (Å²) in [6.45, 7) is 2.00. The van der Waals surface area contributed by atoms with E-state index < -0.39 is 0 Å². The van der Waals surface area contributed by atoms with Crippen LogP contribution >= 0.6 is 0 Å². The minimum absolute atomic E-state index is 0.0299. The topological polar surface area (TPSA) is 81.1 Å². The van der Waals surface area contributed by atoms with Gasteiger partial charge in [-0.2, -0.15) is 10.1 Å². The van der Waals surface area contributed by atoms with E-state index >= 15 is 0 Å². The molecule has 0 spiro atoms. The van der Waals surface area contributed by atoms with Gasteiger partial charge in [-0.15, -0.1) is 0 Å². The molecule has 1 amide bonds. The SMILES string of the molecule is CCCC(=O)NC1C(c2ccccc2)Nc2ncnn2C1c1ccc(OC)cc1. The van der Waals surface area contributed by atoms with Gasteiger partial charge in [0, 0.05) is 6.42 Å². The van der Waals surface area contributed by atoms with Crippen LogP contribution in [-0.2, 0) is 4.79 Å². The number of methoxy groups -OCH3 is 1. The molecule has 29 heavy (non-hydrogen) atoms. The number of ether oxygens (including phenoxy) is 1. The van der Waals surface area contributed by atoms with E-state index in [0.717, 1.165) is 23.3 Å². The Morgan fingerprint density at radius 3 is 2.59 bits per heavy atom. The molecule has 1 aliphatic rings. The third kappa shape index (κ3) is 3.81. The maximum atomic E-state index is 12.6. The summed E-state index contributed by atoms with van der Waals surface area (Å²) in [5.41, 5.74) is 2.11. The van der Waals surface area contributed by atoms with Crippen LogP contribution in [0.15, 0.2) is 60.9 Å². The molecule has 0 aliphatic carbocycles. The Labute approximate surface area is 170 Å². The highest BCUT2D eigenvalue weighted by atomic mass is 16.5. The van der Waals surface area contributed by atoms with E-state index in [0.29, 0.717) is 12.4 Å². The number of fused-ring (bicyclic) bond motifs is 1. The fourth-order valence-corrected chi connectivity index (χ4v) is 3.87. The number of rotatable bonds is 6. The van der Waals surface area contributed by atoms with Gasteiger partial charge in [-0.3, -0.25) is 4.79 Å². The molecule has 0 radical (unpaired) electrons. The van der Waals surface area contributed by atoms with Gasteiger partial charge in [0.05, 0.1) is 19.2 Å². The maximum Gasteiger partial charge on any atom is 0.222 e. The quantitative estimate of drug-likeness (QED) is 0.674. The monoisotopic (exact) mass is 391 g/mol. The summed E-state index contributed by atoms with van der Waals surface area (Å²) >= 11 is 0. The van der Waals surface area contributed by atoms with Gasteiger partial charge in [0.2, 0.25) is 11.9 Å². The molecule has 0 bridgehead atoms. The van der Waals surface area contributed by atoms with Crippen molar-refractivity contribution in [1.29, 1.82) is 0 Å². The van der Waals surface area contributed by atoms with Crippen LogP contribution in [0.4, 0.5) is 5.95 Å². The van der Waals surface area contributed by atoms with Gasteiger partial charge < -0.3 is 15.4 Å². The van der Waals surface area contributed by atoms with Crippen LogP contribution in [0, 0.1) is 0 Å². The molecule has 2 heterocycles. The second kappa shape index (κ2) is 8.34. The highest BCUT2D eigenvalue weighted by Gasteiger charge is 2.40. The minimum Gasteiger partial charge on any atom is -0.497 e. The Bertz CT molecular complexity index is 955. The minimum atomic E-state index is -0.237. The molecule has 3 atom stereocenters. The zero-order valence-electron chi connectivity index (χ0n) is 16.6. The molecule has 1 aliphatic heterocycles. The Morgan fingerprint density at radius 1 is 1.14 bits per heavy atom. The van der Waals surface area contributed by atoms with Gasteiger partial charge >= 0.3 is 0 Å². The fourth-order valence-electron chi connectivity index (χ4n) is 3.87. The zero-order chi connectivity index (χ0) is 20.2. The lowest BCUT2D eigenvalue weighted by atomic mass is 9.88. The van der Waals surface area contributed by atoms with E-state index in [-0.39, 0.29) is 24.0 Å². The van der Waals surface area contributed by atoms with Crippen molar-refractivity contribution in [3.63, 3.8) is 0 Å². The molecular weight excluding hydrogens is 366 g/mol. The number of nitrogens with zero attached hydrogens (tertiary/aromatic N) is 3. The van der Waals surface area contributed by atoms with Gasteiger partial charge in [-0.05, 0) is 29.7 Å². The first-order valence-corrected chi connectivity index (χ1v) is 9.85. The summed E-state index contributed by atoms with van der Waals surface area (Å²) in [4.78, 5) is 17.0. The van der Waals surface area contributed by atoms with Gasteiger partial charge in [-0.1, -0.05) is 49.4 Å². The maximum absolute atomic E-state index is 12.6. The van der Waals surface area contributed by atoms with E-state index in [4.69, 9.17) is 4.74 Å². The number of carbonyl (C=O) groups is 1. The number of hydrogen-bond donors (Lipinski definition) is 2. The van der Waals surface area contributed by atoms with E-state index in [9.17, 15) is 4.79 Å². The molecule has 4 rings (SSSR count). The number of anilines is 1. The van der Waals surface area contributed by atoms with Gasteiger partial charge in [-0.25, -0.2) is 4.68 Å². The molecule has 7 heteroatoms. The first-order valence-electron chi connectivity index (χ1n) is 9.85. The number of benzene rings is 2. The van der Waals surface area contributed by atoms with Crippen molar-refractivity contribution in [3.8, 4) is 5.75 Å². The van der Waals surface area contributed by atoms with Crippen LogP contribution in [0.3, 0.4) is 0 Å². The molecule has 7 nitrogen and oxygen atoms in total. The highest BCUT2D eigenvalue weighted by Crippen LogP contribution is 2.38. The van der Waals surface area contributed by atoms with Crippen LogP contribution in [-0.4, -0.2) is 33.8 Å². The van der Waals surface area contributed by atoms with Crippen LogP contribution in [0.1, 0.15) is 43.0 Å². The third-order valence-corrected chi connectivity index (χ3v) is 5.24. The summed E-state index contributed by atoms with van der Waals surface area (Å²) in [5.74, 6) is 1.50. The van der Waals surface area contributed by atoms with Crippen molar-refractivity contribution in [2.45, 2.75) is 37.9 Å². The number of hydrogen-bond acceptors (Lipinski definition) is 5. The van der Waals surface area contributed by atoms with E-state index in [1.54, 1.807) is 7.11 Å². The average molecular weight is 391 g/mol. The number of amides is 1. The largest absolute Gasteiger partial charge is 0.497 e. The number of nitrogens with one attached hydrogen (secondary N) is 2. The molecule has 150 valence electrons. The van der Waals surface area contributed by atoms with Crippen molar-refractivity contribution in [1.82, 2.24) is 20.1 Å². The molecule has 0 saturated carbocycles. The van der Waals surface area contributed by atoms with Crippen molar-refractivity contribution in [2.75, 3.05) is 12.4 Å². The van der Waals surface area contributed by atoms with Crippen LogP contribution in [0.25, 0.3) is 0 Å². The van der Waals surface area contributed by atoms with E-state index in [1.807, 2.05) is 54.1 Å². The standard InChI is InChI=1S/C22H25N5O2/c1-3-7-18(28)25-20-19(15-8-5-4-6-9-15)26-22-23-14-24-27(22)21(20)16-10-12-17(29-2)13-11-16/h4-6,8-14,19-21H,3,7H2,1-2H3,(H,25,28)(H,23,24,26).